The van der Waals surface area contributed by atoms with E-state index in [1.807, 2.05) is 0 Å². The van der Waals surface area contributed by atoms with Gasteiger partial charge in [-0.1, -0.05) is 6.92 Å². The summed E-state index contributed by atoms with van der Waals surface area (Å²) in [7, 11) is 0. The van der Waals surface area contributed by atoms with Crippen molar-refractivity contribution in [3.8, 4) is 0 Å². The van der Waals surface area contributed by atoms with E-state index in [4.69, 9.17) is 5.11 Å². The molecule has 1 unspecified atom stereocenters. The van der Waals surface area contributed by atoms with Gasteiger partial charge in [-0.3, -0.25) is 4.90 Å². The van der Waals surface area contributed by atoms with Crippen LogP contribution in [0.4, 0.5) is 0 Å². The Morgan fingerprint density at radius 1 is 1.58 bits per heavy atom. The Morgan fingerprint density at radius 2 is 2.33 bits per heavy atom. The molecular formula is C9H19NO2. The number of hydrogen-bond donors (Lipinski definition) is 2. The van der Waals surface area contributed by atoms with E-state index in [9.17, 15) is 5.11 Å². The van der Waals surface area contributed by atoms with Gasteiger partial charge in [-0.25, -0.2) is 0 Å². The zero-order valence-electron chi connectivity index (χ0n) is 7.74. The van der Waals surface area contributed by atoms with Crippen LogP contribution in [0.15, 0.2) is 0 Å². The molecule has 72 valence electrons. The summed E-state index contributed by atoms with van der Waals surface area (Å²) in [4.78, 5) is 2.11. The van der Waals surface area contributed by atoms with Crippen LogP contribution >= 0.6 is 0 Å². The minimum Gasteiger partial charge on any atom is -0.396 e. The van der Waals surface area contributed by atoms with Crippen LogP contribution in [0.1, 0.15) is 32.6 Å². The first-order chi connectivity index (χ1) is 5.79. The second-order valence-corrected chi connectivity index (χ2v) is 3.44. The predicted octanol–water partition coefficient (Wildman–Crippen LogP) is 0.562. The highest BCUT2D eigenvalue weighted by Crippen LogP contribution is 2.22. The van der Waals surface area contributed by atoms with Gasteiger partial charge in [0, 0.05) is 25.6 Å². The Kier molecular flexibility index (Phi) is 3.98. The van der Waals surface area contributed by atoms with Crippen molar-refractivity contribution < 1.29 is 10.2 Å². The van der Waals surface area contributed by atoms with Crippen LogP contribution in [0.5, 0.6) is 0 Å². The Bertz CT molecular complexity index is 130. The average molecular weight is 173 g/mol. The zero-order valence-corrected chi connectivity index (χ0v) is 7.74. The summed E-state index contributed by atoms with van der Waals surface area (Å²) in [5.74, 6) is 0. The maximum Gasteiger partial charge on any atom is 0.109 e. The van der Waals surface area contributed by atoms with E-state index < -0.39 is 6.23 Å². The molecule has 2 N–H and O–H groups in total. The van der Waals surface area contributed by atoms with Crippen molar-refractivity contribution in [1.29, 1.82) is 0 Å². The quantitative estimate of drug-likeness (QED) is 0.653. The van der Waals surface area contributed by atoms with E-state index >= 15 is 0 Å². The highest BCUT2D eigenvalue weighted by atomic mass is 16.3. The van der Waals surface area contributed by atoms with Gasteiger partial charge in [0.2, 0.25) is 0 Å². The summed E-state index contributed by atoms with van der Waals surface area (Å²) in [5.41, 5.74) is 0. The van der Waals surface area contributed by atoms with Crippen LogP contribution < -0.4 is 0 Å². The minimum atomic E-state index is -0.428. The van der Waals surface area contributed by atoms with Gasteiger partial charge in [-0.05, 0) is 19.3 Å². The maximum absolute atomic E-state index is 9.62. The standard InChI is InChI=1S/C9H19NO2/c1-2-8-4-3-6-10(8)9(12)5-7-11/h8-9,11-12H,2-7H2,1H3/t8-,9?/m0/s1. The average Bonchev–Trinajstić information content (AvgIpc) is 2.51. The molecule has 0 spiro atoms. The second-order valence-electron chi connectivity index (χ2n) is 3.44. The third-order valence-corrected chi connectivity index (χ3v) is 2.66. The van der Waals surface area contributed by atoms with Crippen molar-refractivity contribution >= 4 is 0 Å². The first kappa shape index (κ1) is 9.96. The highest BCUT2D eigenvalue weighted by Gasteiger charge is 2.27. The molecule has 0 bridgehead atoms. The lowest BCUT2D eigenvalue weighted by atomic mass is 10.1. The molecule has 12 heavy (non-hydrogen) atoms. The van der Waals surface area contributed by atoms with Crippen LogP contribution in [0, 0.1) is 0 Å². The molecule has 0 amide bonds. The Labute approximate surface area is 74.0 Å². The fraction of sp³-hybridized carbons (Fsp3) is 1.00. The van der Waals surface area contributed by atoms with E-state index in [1.54, 1.807) is 0 Å². The summed E-state index contributed by atoms with van der Waals surface area (Å²) in [6, 6.07) is 0.534. The van der Waals surface area contributed by atoms with Gasteiger partial charge < -0.3 is 10.2 Å². The van der Waals surface area contributed by atoms with E-state index in [1.165, 1.54) is 12.8 Å². The van der Waals surface area contributed by atoms with E-state index in [2.05, 4.69) is 11.8 Å². The molecule has 2 atom stereocenters. The van der Waals surface area contributed by atoms with E-state index in [0.29, 0.717) is 12.5 Å². The SMILES string of the molecule is CC[C@H]1CCCN1C(O)CCO. The second kappa shape index (κ2) is 4.80. The topological polar surface area (TPSA) is 43.7 Å². The lowest BCUT2D eigenvalue weighted by Crippen LogP contribution is -2.39. The van der Waals surface area contributed by atoms with Crippen molar-refractivity contribution in [2.45, 2.75) is 44.9 Å². The van der Waals surface area contributed by atoms with Crippen molar-refractivity contribution in [2.75, 3.05) is 13.2 Å². The first-order valence-corrected chi connectivity index (χ1v) is 4.84. The van der Waals surface area contributed by atoms with Gasteiger partial charge in [0.15, 0.2) is 0 Å². The number of hydrogen-bond acceptors (Lipinski definition) is 3. The molecule has 0 aromatic rings. The molecule has 0 saturated carbocycles. The predicted molar refractivity (Wildman–Crippen MR) is 47.7 cm³/mol. The number of nitrogens with zero attached hydrogens (tertiary/aromatic N) is 1. The van der Waals surface area contributed by atoms with Crippen LogP contribution in [-0.2, 0) is 0 Å². The van der Waals surface area contributed by atoms with Gasteiger partial charge in [-0.15, -0.1) is 0 Å². The monoisotopic (exact) mass is 173 g/mol. The van der Waals surface area contributed by atoms with Crippen LogP contribution in [0.3, 0.4) is 0 Å². The fourth-order valence-corrected chi connectivity index (χ4v) is 1.97. The molecule has 1 rings (SSSR count). The third-order valence-electron chi connectivity index (χ3n) is 2.66. The number of rotatable bonds is 4. The first-order valence-electron chi connectivity index (χ1n) is 4.84. The molecule has 1 saturated heterocycles. The number of aliphatic hydroxyl groups excluding tert-OH is 2. The molecule has 1 fully saturated rings. The third kappa shape index (κ3) is 2.19. The molecule has 0 aromatic heterocycles. The van der Waals surface area contributed by atoms with Crippen LogP contribution in [0.2, 0.25) is 0 Å². The van der Waals surface area contributed by atoms with Gasteiger partial charge in [-0.2, -0.15) is 0 Å². The zero-order chi connectivity index (χ0) is 8.97. The molecule has 1 aliphatic rings. The van der Waals surface area contributed by atoms with E-state index in [0.717, 1.165) is 13.0 Å². The smallest absolute Gasteiger partial charge is 0.109 e. The molecule has 3 nitrogen and oxygen atoms in total. The number of likely N-dealkylation sites (tertiary alicyclic amines) is 1. The summed E-state index contributed by atoms with van der Waals surface area (Å²) >= 11 is 0. The maximum atomic E-state index is 9.62. The van der Waals surface area contributed by atoms with Crippen molar-refractivity contribution in [1.82, 2.24) is 4.90 Å². The molecular weight excluding hydrogens is 154 g/mol. The Balaban J connectivity index is 2.38. The van der Waals surface area contributed by atoms with Crippen molar-refractivity contribution in [2.24, 2.45) is 0 Å². The fourth-order valence-electron chi connectivity index (χ4n) is 1.97. The molecule has 3 heteroatoms. The summed E-state index contributed by atoms with van der Waals surface area (Å²) in [6.07, 6.45) is 3.53. The molecule has 0 aliphatic carbocycles. The minimum absolute atomic E-state index is 0.0775. The van der Waals surface area contributed by atoms with Gasteiger partial charge in [0.25, 0.3) is 0 Å². The van der Waals surface area contributed by atoms with Gasteiger partial charge in [0.05, 0.1) is 0 Å². The summed E-state index contributed by atoms with van der Waals surface area (Å²) < 4.78 is 0. The normalized spacial score (nSPS) is 27.8. The van der Waals surface area contributed by atoms with Crippen molar-refractivity contribution in [3.63, 3.8) is 0 Å². The lowest BCUT2D eigenvalue weighted by molar-refractivity contribution is -0.0210. The molecule has 1 aliphatic heterocycles. The van der Waals surface area contributed by atoms with Gasteiger partial charge >= 0.3 is 0 Å². The lowest BCUT2D eigenvalue weighted by Gasteiger charge is -2.28. The number of aliphatic hydroxyl groups is 2. The summed E-state index contributed by atoms with van der Waals surface area (Å²) in [6.45, 7) is 3.21. The van der Waals surface area contributed by atoms with E-state index in [-0.39, 0.29) is 6.61 Å². The van der Waals surface area contributed by atoms with Gasteiger partial charge in [0.1, 0.15) is 6.23 Å². The molecule has 0 aromatic carbocycles. The van der Waals surface area contributed by atoms with Crippen LogP contribution in [0.25, 0.3) is 0 Å². The Morgan fingerprint density at radius 3 is 2.92 bits per heavy atom. The summed E-state index contributed by atoms with van der Waals surface area (Å²) in [5, 5.41) is 18.3. The molecule has 0 radical (unpaired) electrons. The van der Waals surface area contributed by atoms with Crippen molar-refractivity contribution in [3.05, 3.63) is 0 Å². The van der Waals surface area contributed by atoms with Crippen LogP contribution in [-0.4, -0.2) is 40.5 Å². The highest BCUT2D eigenvalue weighted by molar-refractivity contribution is 4.79. The Hall–Kier alpha value is -0.120. The molecule has 1 heterocycles. The largest absolute Gasteiger partial charge is 0.396 e.